The zero-order valence-electron chi connectivity index (χ0n) is 10.6. The Labute approximate surface area is 112 Å². The number of halogens is 1. The van der Waals surface area contributed by atoms with Gasteiger partial charge in [0.25, 0.3) is 0 Å². The molecule has 1 unspecified atom stereocenters. The van der Waals surface area contributed by atoms with E-state index >= 15 is 0 Å². The number of aliphatic hydroxyl groups excluding tert-OH is 1. The Morgan fingerprint density at radius 3 is 2.89 bits per heavy atom. The molecule has 0 saturated carbocycles. The van der Waals surface area contributed by atoms with Crippen LogP contribution in [0.25, 0.3) is 0 Å². The minimum atomic E-state index is -0.763. The normalized spacial score (nSPS) is 12.0. The lowest BCUT2D eigenvalue weighted by Crippen LogP contribution is -2.22. The van der Waals surface area contributed by atoms with E-state index in [0.29, 0.717) is 29.3 Å². The second-order valence-electron chi connectivity index (χ2n) is 3.89. The molecular formula is C13H18ClNO3. The molecule has 1 aromatic carbocycles. The molecule has 18 heavy (non-hydrogen) atoms. The van der Waals surface area contributed by atoms with Gasteiger partial charge in [0.1, 0.15) is 5.75 Å². The van der Waals surface area contributed by atoms with Crippen LogP contribution in [0.3, 0.4) is 0 Å². The number of benzene rings is 1. The number of carbonyl (C=O) groups excluding carboxylic acids is 1. The molecule has 0 aliphatic rings. The maximum absolute atomic E-state index is 11.3. The molecule has 1 aromatic rings. The number of amides is 1. The fraction of sp³-hybridized carbons (Fsp3) is 0.462. The van der Waals surface area contributed by atoms with E-state index in [1.165, 1.54) is 7.11 Å². The van der Waals surface area contributed by atoms with E-state index in [-0.39, 0.29) is 12.3 Å². The van der Waals surface area contributed by atoms with E-state index < -0.39 is 6.10 Å². The van der Waals surface area contributed by atoms with Gasteiger partial charge in [0.15, 0.2) is 0 Å². The lowest BCUT2D eigenvalue weighted by molar-refractivity contribution is -0.121. The Hall–Kier alpha value is -1.26. The highest BCUT2D eigenvalue weighted by Gasteiger charge is 2.15. The molecule has 1 amide bonds. The molecule has 0 aromatic heterocycles. The van der Waals surface area contributed by atoms with Crippen LogP contribution in [0.4, 0.5) is 0 Å². The summed E-state index contributed by atoms with van der Waals surface area (Å²) in [4.78, 5) is 11.3. The molecule has 0 spiro atoms. The van der Waals surface area contributed by atoms with Crippen LogP contribution < -0.4 is 10.1 Å². The summed E-state index contributed by atoms with van der Waals surface area (Å²) in [5.41, 5.74) is 0.606. The van der Waals surface area contributed by atoms with E-state index in [0.717, 1.165) is 0 Å². The number of hydrogen-bond donors (Lipinski definition) is 2. The predicted molar refractivity (Wildman–Crippen MR) is 70.9 cm³/mol. The number of nitrogens with one attached hydrogen (secondary N) is 1. The van der Waals surface area contributed by atoms with Crippen molar-refractivity contribution in [3.8, 4) is 5.75 Å². The van der Waals surface area contributed by atoms with Crippen molar-refractivity contribution in [1.82, 2.24) is 5.32 Å². The zero-order valence-corrected chi connectivity index (χ0v) is 11.3. The zero-order chi connectivity index (χ0) is 13.5. The van der Waals surface area contributed by atoms with Crippen LogP contribution in [-0.4, -0.2) is 24.7 Å². The molecule has 0 radical (unpaired) electrons. The first-order valence-electron chi connectivity index (χ1n) is 5.86. The Morgan fingerprint density at radius 2 is 2.28 bits per heavy atom. The van der Waals surface area contributed by atoms with Gasteiger partial charge in [-0.2, -0.15) is 0 Å². The molecule has 0 saturated heterocycles. The van der Waals surface area contributed by atoms with Gasteiger partial charge >= 0.3 is 0 Å². The first kappa shape index (κ1) is 14.8. The maximum Gasteiger partial charge on any atom is 0.220 e. The largest absolute Gasteiger partial charge is 0.496 e. The third-order valence-corrected chi connectivity index (χ3v) is 2.80. The maximum atomic E-state index is 11.3. The standard InChI is InChI=1S/C13H18ClNO3/c1-3-15-13(17)7-5-11(16)10-8-9(14)4-6-12(10)18-2/h4,6,8,11,16H,3,5,7H2,1-2H3,(H,15,17). The minimum absolute atomic E-state index is 0.0717. The van der Waals surface area contributed by atoms with E-state index in [9.17, 15) is 9.90 Å². The lowest BCUT2D eigenvalue weighted by atomic mass is 10.0. The summed E-state index contributed by atoms with van der Waals surface area (Å²) in [6.45, 7) is 2.45. The summed E-state index contributed by atoms with van der Waals surface area (Å²) in [5.74, 6) is 0.500. The van der Waals surface area contributed by atoms with Crippen LogP contribution in [0.15, 0.2) is 18.2 Å². The number of ether oxygens (including phenoxy) is 1. The summed E-state index contributed by atoms with van der Waals surface area (Å²) in [6, 6.07) is 5.05. The Morgan fingerprint density at radius 1 is 1.56 bits per heavy atom. The number of aliphatic hydroxyl groups is 1. The van der Waals surface area contributed by atoms with Crippen molar-refractivity contribution in [1.29, 1.82) is 0 Å². The van der Waals surface area contributed by atoms with Crippen molar-refractivity contribution in [3.05, 3.63) is 28.8 Å². The molecule has 100 valence electrons. The SMILES string of the molecule is CCNC(=O)CCC(O)c1cc(Cl)ccc1OC. The Balaban J connectivity index is 2.68. The highest BCUT2D eigenvalue weighted by Crippen LogP contribution is 2.30. The van der Waals surface area contributed by atoms with Gasteiger partial charge in [0.05, 0.1) is 13.2 Å². The summed E-state index contributed by atoms with van der Waals surface area (Å²) < 4.78 is 5.16. The Bertz CT molecular complexity index is 409. The second kappa shape index (κ2) is 7.24. The second-order valence-corrected chi connectivity index (χ2v) is 4.33. The van der Waals surface area contributed by atoms with Crippen molar-refractivity contribution in [2.24, 2.45) is 0 Å². The van der Waals surface area contributed by atoms with Gasteiger partial charge in [-0.15, -0.1) is 0 Å². The number of methoxy groups -OCH3 is 1. The van der Waals surface area contributed by atoms with Crippen LogP contribution in [0, 0.1) is 0 Å². The molecule has 0 bridgehead atoms. The van der Waals surface area contributed by atoms with Crippen LogP contribution in [0.2, 0.25) is 5.02 Å². The van der Waals surface area contributed by atoms with Gasteiger partial charge in [-0.1, -0.05) is 11.6 Å². The lowest BCUT2D eigenvalue weighted by Gasteiger charge is -2.15. The van der Waals surface area contributed by atoms with Crippen molar-refractivity contribution in [3.63, 3.8) is 0 Å². The first-order chi connectivity index (χ1) is 8.58. The third kappa shape index (κ3) is 4.20. The predicted octanol–water partition coefficient (Wildman–Crippen LogP) is 2.30. The number of rotatable bonds is 6. The van der Waals surface area contributed by atoms with Gasteiger partial charge < -0.3 is 15.2 Å². The topological polar surface area (TPSA) is 58.6 Å². The monoisotopic (exact) mass is 271 g/mol. The molecule has 0 aliphatic carbocycles. The van der Waals surface area contributed by atoms with Gasteiger partial charge in [-0.05, 0) is 31.5 Å². The highest BCUT2D eigenvalue weighted by atomic mass is 35.5. The van der Waals surface area contributed by atoms with Crippen LogP contribution in [0.1, 0.15) is 31.4 Å². The molecule has 1 rings (SSSR count). The summed E-state index contributed by atoms with van der Waals surface area (Å²) in [5, 5.41) is 13.3. The molecular weight excluding hydrogens is 254 g/mol. The van der Waals surface area contributed by atoms with Crippen LogP contribution in [-0.2, 0) is 4.79 Å². The van der Waals surface area contributed by atoms with Gasteiger partial charge in [-0.25, -0.2) is 0 Å². The quantitative estimate of drug-likeness (QED) is 0.835. The van der Waals surface area contributed by atoms with E-state index in [2.05, 4.69) is 5.32 Å². The Kier molecular flexibility index (Phi) is 5.95. The van der Waals surface area contributed by atoms with Crippen molar-refractivity contribution >= 4 is 17.5 Å². The first-order valence-corrected chi connectivity index (χ1v) is 6.24. The summed E-state index contributed by atoms with van der Waals surface area (Å²) in [7, 11) is 1.53. The number of hydrogen-bond acceptors (Lipinski definition) is 3. The molecule has 0 heterocycles. The summed E-state index contributed by atoms with van der Waals surface area (Å²) >= 11 is 5.88. The molecule has 1 atom stereocenters. The average molecular weight is 272 g/mol. The molecule has 4 nitrogen and oxygen atoms in total. The molecule has 0 aliphatic heterocycles. The minimum Gasteiger partial charge on any atom is -0.496 e. The molecule has 0 fully saturated rings. The van der Waals surface area contributed by atoms with Crippen LogP contribution in [0.5, 0.6) is 5.75 Å². The summed E-state index contributed by atoms with van der Waals surface area (Å²) in [6.07, 6.45) is -0.158. The van der Waals surface area contributed by atoms with E-state index in [1.807, 2.05) is 6.92 Å². The van der Waals surface area contributed by atoms with E-state index in [1.54, 1.807) is 18.2 Å². The van der Waals surface area contributed by atoms with Crippen molar-refractivity contribution < 1.29 is 14.6 Å². The fourth-order valence-electron chi connectivity index (χ4n) is 1.67. The van der Waals surface area contributed by atoms with E-state index in [4.69, 9.17) is 16.3 Å². The van der Waals surface area contributed by atoms with Crippen LogP contribution >= 0.6 is 11.6 Å². The van der Waals surface area contributed by atoms with Crippen molar-refractivity contribution in [2.75, 3.05) is 13.7 Å². The average Bonchev–Trinajstić information content (AvgIpc) is 2.36. The smallest absolute Gasteiger partial charge is 0.220 e. The highest BCUT2D eigenvalue weighted by molar-refractivity contribution is 6.30. The fourth-order valence-corrected chi connectivity index (χ4v) is 1.86. The van der Waals surface area contributed by atoms with Gasteiger partial charge in [0, 0.05) is 23.6 Å². The van der Waals surface area contributed by atoms with Gasteiger partial charge in [-0.3, -0.25) is 4.79 Å². The van der Waals surface area contributed by atoms with Crippen molar-refractivity contribution in [2.45, 2.75) is 25.9 Å². The molecule has 2 N–H and O–H groups in total. The molecule has 5 heteroatoms. The third-order valence-electron chi connectivity index (χ3n) is 2.57. The van der Waals surface area contributed by atoms with Gasteiger partial charge in [0.2, 0.25) is 5.91 Å². The number of carbonyl (C=O) groups is 1.